The molecule has 0 radical (unpaired) electrons. The molecule has 0 bridgehead atoms. The van der Waals surface area contributed by atoms with Gasteiger partial charge in [0.25, 0.3) is 11.8 Å². The highest BCUT2D eigenvalue weighted by Gasteiger charge is 2.62. The zero-order valence-electron chi connectivity index (χ0n) is 15.4. The van der Waals surface area contributed by atoms with E-state index in [0.717, 1.165) is 5.69 Å². The summed E-state index contributed by atoms with van der Waals surface area (Å²) in [5.41, 5.74) is 0.813. The highest BCUT2D eigenvalue weighted by molar-refractivity contribution is 5.93. The van der Waals surface area contributed by atoms with E-state index in [2.05, 4.69) is 0 Å². The van der Waals surface area contributed by atoms with Gasteiger partial charge in [0, 0.05) is 69.6 Å². The second kappa shape index (κ2) is 6.12. The summed E-state index contributed by atoms with van der Waals surface area (Å²) in [5, 5.41) is 0. The summed E-state index contributed by atoms with van der Waals surface area (Å²) in [4.78, 5) is 15.3. The Morgan fingerprint density at radius 2 is 1.93 bits per heavy atom. The Morgan fingerprint density at radius 1 is 1.19 bits per heavy atom. The molecule has 144 valence electrons. The van der Waals surface area contributed by atoms with E-state index in [-0.39, 0.29) is 30.9 Å². The molecule has 1 fully saturated rings. The fraction of sp³-hybridized carbons (Fsp3) is 0.450. The van der Waals surface area contributed by atoms with E-state index in [4.69, 9.17) is 0 Å². The highest BCUT2D eigenvalue weighted by atomic mass is 19.3. The van der Waals surface area contributed by atoms with Crippen LogP contribution in [0, 0.1) is 5.82 Å². The lowest BCUT2D eigenvalue weighted by Gasteiger charge is -2.56. The van der Waals surface area contributed by atoms with Crippen molar-refractivity contribution in [3.8, 4) is 0 Å². The molecule has 0 N–H and O–H groups in total. The Hall–Kier alpha value is -2.28. The number of halogens is 3. The van der Waals surface area contributed by atoms with Crippen molar-refractivity contribution in [1.29, 1.82) is 0 Å². The Labute approximate surface area is 156 Å². The van der Waals surface area contributed by atoms with Crippen molar-refractivity contribution >= 4 is 5.91 Å². The van der Waals surface area contributed by atoms with E-state index >= 15 is 0 Å². The first-order valence-corrected chi connectivity index (χ1v) is 9.00. The summed E-state index contributed by atoms with van der Waals surface area (Å²) in [6.45, 7) is 1.51. The van der Waals surface area contributed by atoms with Gasteiger partial charge in [0.1, 0.15) is 5.82 Å². The van der Waals surface area contributed by atoms with E-state index in [1.54, 1.807) is 26.2 Å². The average molecular weight is 377 g/mol. The third-order valence-electron chi connectivity index (χ3n) is 5.69. The van der Waals surface area contributed by atoms with Crippen molar-refractivity contribution in [3.05, 3.63) is 59.2 Å². The number of amides is 1. The molecule has 4 rings (SSSR count). The lowest BCUT2D eigenvalue weighted by Crippen LogP contribution is -2.62. The standard InChI is InChI=1S/C20H22F3N3O/c1-24(2)18(27)14-5-6-15(16(21)10-14)11-26-9-8-25-7-3-4-17(25)19(26)12-20(22,23)13-19/h3-7,10H,8-9,11-13H2,1-2H3. The fourth-order valence-electron chi connectivity index (χ4n) is 4.35. The SMILES string of the molecule is CN(C)C(=O)c1ccc(CN2CCn3cccc3C23CC(F)(F)C3)c(F)c1. The van der Waals surface area contributed by atoms with Crippen molar-refractivity contribution in [2.45, 2.75) is 37.4 Å². The van der Waals surface area contributed by atoms with Crippen molar-refractivity contribution in [1.82, 2.24) is 14.4 Å². The lowest BCUT2D eigenvalue weighted by atomic mass is 9.69. The minimum absolute atomic E-state index is 0.240. The normalized spacial score (nSPS) is 20.2. The molecule has 7 heteroatoms. The summed E-state index contributed by atoms with van der Waals surface area (Å²) >= 11 is 0. The van der Waals surface area contributed by atoms with Gasteiger partial charge in [-0.1, -0.05) is 6.07 Å². The number of fused-ring (bicyclic) bond motifs is 2. The molecule has 2 aliphatic rings. The van der Waals surface area contributed by atoms with Crippen LogP contribution in [0.4, 0.5) is 13.2 Å². The van der Waals surface area contributed by atoms with Gasteiger partial charge in [0.2, 0.25) is 0 Å². The first-order valence-electron chi connectivity index (χ1n) is 9.00. The number of rotatable bonds is 3. The van der Waals surface area contributed by atoms with E-state index in [1.807, 2.05) is 27.8 Å². The smallest absolute Gasteiger partial charge is 0.253 e. The van der Waals surface area contributed by atoms with Crippen molar-refractivity contribution in [2.75, 3.05) is 20.6 Å². The molecule has 27 heavy (non-hydrogen) atoms. The molecule has 4 nitrogen and oxygen atoms in total. The summed E-state index contributed by atoms with van der Waals surface area (Å²) in [6.07, 6.45) is 1.42. The number of carbonyl (C=O) groups is 1. The van der Waals surface area contributed by atoms with Crippen LogP contribution in [0.2, 0.25) is 0 Å². The van der Waals surface area contributed by atoms with E-state index in [1.165, 1.54) is 11.0 Å². The number of carbonyl (C=O) groups excluding carboxylic acids is 1. The first-order chi connectivity index (χ1) is 12.7. The molecular formula is C20H22F3N3O. The van der Waals surface area contributed by atoms with Crippen molar-refractivity contribution in [2.24, 2.45) is 0 Å². The number of hydrogen-bond acceptors (Lipinski definition) is 2. The minimum atomic E-state index is -2.69. The van der Waals surface area contributed by atoms with Gasteiger partial charge in [-0.2, -0.15) is 0 Å². The average Bonchev–Trinajstić information content (AvgIpc) is 3.06. The first kappa shape index (κ1) is 18.1. The summed E-state index contributed by atoms with van der Waals surface area (Å²) in [6, 6.07) is 8.17. The van der Waals surface area contributed by atoms with E-state index < -0.39 is 17.3 Å². The number of aromatic nitrogens is 1. The van der Waals surface area contributed by atoms with Crippen LogP contribution in [0.15, 0.2) is 36.5 Å². The van der Waals surface area contributed by atoms with Gasteiger partial charge in [0.05, 0.1) is 5.54 Å². The molecule has 0 saturated heterocycles. The molecule has 1 aromatic heterocycles. The Balaban J connectivity index is 1.62. The van der Waals surface area contributed by atoms with Crippen LogP contribution in [0.1, 0.15) is 34.5 Å². The van der Waals surface area contributed by atoms with Crippen LogP contribution >= 0.6 is 0 Å². The van der Waals surface area contributed by atoms with Crippen molar-refractivity contribution < 1.29 is 18.0 Å². The molecule has 2 aromatic rings. The van der Waals surface area contributed by atoms with Crippen LogP contribution in [-0.2, 0) is 18.6 Å². The van der Waals surface area contributed by atoms with E-state index in [9.17, 15) is 18.0 Å². The quantitative estimate of drug-likeness (QED) is 0.820. The number of benzene rings is 1. The van der Waals surface area contributed by atoms with Crippen LogP contribution < -0.4 is 0 Å². The van der Waals surface area contributed by atoms with Crippen LogP contribution in [0.25, 0.3) is 0 Å². The number of alkyl halides is 2. The van der Waals surface area contributed by atoms with Gasteiger partial charge >= 0.3 is 0 Å². The topological polar surface area (TPSA) is 28.5 Å². The molecule has 1 aromatic carbocycles. The Bertz CT molecular complexity index is 882. The van der Waals surface area contributed by atoms with Gasteiger partial charge in [0.15, 0.2) is 0 Å². The predicted molar refractivity (Wildman–Crippen MR) is 95.1 cm³/mol. The zero-order chi connectivity index (χ0) is 19.4. The van der Waals surface area contributed by atoms with Crippen LogP contribution in [0.3, 0.4) is 0 Å². The highest BCUT2D eigenvalue weighted by Crippen LogP contribution is 2.56. The summed E-state index contributed by atoms with van der Waals surface area (Å²) in [5.74, 6) is -3.44. The second-order valence-corrected chi connectivity index (χ2v) is 7.76. The maximum Gasteiger partial charge on any atom is 0.253 e. The molecule has 1 aliphatic carbocycles. The maximum atomic E-state index is 14.6. The lowest BCUT2D eigenvalue weighted by molar-refractivity contribution is -0.192. The molecule has 1 aliphatic heterocycles. The summed E-state index contributed by atoms with van der Waals surface area (Å²) < 4.78 is 44.3. The van der Waals surface area contributed by atoms with Gasteiger partial charge in [-0.25, -0.2) is 13.2 Å². The Kier molecular flexibility index (Phi) is 4.10. The van der Waals surface area contributed by atoms with Gasteiger partial charge in [-0.05, 0) is 24.3 Å². The van der Waals surface area contributed by atoms with Crippen LogP contribution in [0.5, 0.6) is 0 Å². The molecule has 1 amide bonds. The molecule has 0 atom stereocenters. The van der Waals surface area contributed by atoms with Crippen molar-refractivity contribution in [3.63, 3.8) is 0 Å². The van der Waals surface area contributed by atoms with Crippen LogP contribution in [-0.4, -0.2) is 46.8 Å². The minimum Gasteiger partial charge on any atom is -0.348 e. The third kappa shape index (κ3) is 2.94. The van der Waals surface area contributed by atoms with Gasteiger partial charge < -0.3 is 9.47 Å². The maximum absolute atomic E-state index is 14.6. The number of nitrogens with zero attached hydrogens (tertiary/aromatic N) is 3. The molecule has 1 saturated carbocycles. The monoisotopic (exact) mass is 377 g/mol. The zero-order valence-corrected chi connectivity index (χ0v) is 15.4. The molecule has 1 spiro atoms. The van der Waals surface area contributed by atoms with Gasteiger partial charge in [-0.15, -0.1) is 0 Å². The molecule has 0 unspecified atom stereocenters. The Morgan fingerprint density at radius 3 is 2.56 bits per heavy atom. The number of hydrogen-bond donors (Lipinski definition) is 0. The summed E-state index contributed by atoms with van der Waals surface area (Å²) in [7, 11) is 3.22. The fourth-order valence-corrected chi connectivity index (χ4v) is 4.35. The molecular weight excluding hydrogens is 355 g/mol. The second-order valence-electron chi connectivity index (χ2n) is 7.76. The van der Waals surface area contributed by atoms with Gasteiger partial charge in [-0.3, -0.25) is 9.69 Å². The largest absolute Gasteiger partial charge is 0.348 e. The molecule has 2 heterocycles. The third-order valence-corrected chi connectivity index (χ3v) is 5.69. The predicted octanol–water partition coefficient (Wildman–Crippen LogP) is 3.47. The van der Waals surface area contributed by atoms with E-state index in [0.29, 0.717) is 18.7 Å².